The molecule has 2 aromatic rings. The van der Waals surface area contributed by atoms with E-state index in [0.717, 1.165) is 9.35 Å². The van der Waals surface area contributed by atoms with E-state index in [-0.39, 0.29) is 5.82 Å². The Labute approximate surface area is 111 Å². The van der Waals surface area contributed by atoms with E-state index in [1.54, 1.807) is 19.2 Å². The van der Waals surface area contributed by atoms with Crippen molar-refractivity contribution in [2.75, 3.05) is 7.11 Å². The van der Waals surface area contributed by atoms with E-state index in [0.29, 0.717) is 11.3 Å². The molecule has 17 heavy (non-hydrogen) atoms. The minimum Gasteiger partial charge on any atom is -0.496 e. The molecule has 1 atom stereocenters. The van der Waals surface area contributed by atoms with Crippen molar-refractivity contribution in [3.8, 4) is 5.75 Å². The van der Waals surface area contributed by atoms with Gasteiger partial charge >= 0.3 is 0 Å². The van der Waals surface area contributed by atoms with E-state index in [1.807, 2.05) is 11.4 Å². The smallest absolute Gasteiger partial charge is 0.134 e. The zero-order valence-electron chi connectivity index (χ0n) is 9.11. The Hall–Kier alpha value is -0.910. The van der Waals surface area contributed by atoms with Crippen LogP contribution in [-0.4, -0.2) is 7.11 Å². The van der Waals surface area contributed by atoms with Crippen LogP contribution in [0.1, 0.15) is 16.5 Å². The second-order valence-corrected chi connectivity index (χ2v) is 5.36. The molecule has 0 aliphatic carbocycles. The summed E-state index contributed by atoms with van der Waals surface area (Å²) < 4.78 is 19.7. The van der Waals surface area contributed by atoms with E-state index in [2.05, 4.69) is 15.9 Å². The molecule has 1 unspecified atom stereocenters. The first kappa shape index (κ1) is 12.5. The molecule has 0 aliphatic heterocycles. The van der Waals surface area contributed by atoms with Crippen molar-refractivity contribution in [3.05, 3.63) is 50.4 Å². The van der Waals surface area contributed by atoms with E-state index < -0.39 is 6.04 Å². The summed E-state index contributed by atoms with van der Waals surface area (Å²) in [7, 11) is 1.58. The fourth-order valence-electron chi connectivity index (χ4n) is 1.60. The highest BCUT2D eigenvalue weighted by Gasteiger charge is 2.19. The highest BCUT2D eigenvalue weighted by atomic mass is 79.9. The number of hydrogen-bond donors (Lipinski definition) is 1. The zero-order chi connectivity index (χ0) is 12.4. The van der Waals surface area contributed by atoms with Crippen molar-refractivity contribution in [2.45, 2.75) is 6.04 Å². The lowest BCUT2D eigenvalue weighted by Crippen LogP contribution is -2.13. The van der Waals surface area contributed by atoms with Crippen LogP contribution in [0.3, 0.4) is 0 Å². The molecule has 0 aliphatic rings. The second-order valence-electron chi connectivity index (χ2n) is 3.50. The van der Waals surface area contributed by atoms with Crippen LogP contribution in [0.15, 0.2) is 34.1 Å². The SMILES string of the molecule is COc1ccsc1C(N)c1cc(Br)ccc1F. The van der Waals surface area contributed by atoms with Crippen LogP contribution in [0.4, 0.5) is 4.39 Å². The number of nitrogens with two attached hydrogens (primary N) is 1. The zero-order valence-corrected chi connectivity index (χ0v) is 11.5. The Morgan fingerprint density at radius 1 is 1.41 bits per heavy atom. The van der Waals surface area contributed by atoms with Crippen molar-refractivity contribution in [3.63, 3.8) is 0 Å². The van der Waals surface area contributed by atoms with Gasteiger partial charge in [0.1, 0.15) is 11.6 Å². The highest BCUT2D eigenvalue weighted by molar-refractivity contribution is 9.10. The maximum absolute atomic E-state index is 13.7. The summed E-state index contributed by atoms with van der Waals surface area (Å²) in [6.45, 7) is 0. The molecular weight excluding hydrogens is 305 g/mol. The number of hydrogen-bond acceptors (Lipinski definition) is 3. The number of methoxy groups -OCH3 is 1. The van der Waals surface area contributed by atoms with Crippen LogP contribution in [0.25, 0.3) is 0 Å². The molecule has 2 rings (SSSR count). The molecule has 5 heteroatoms. The van der Waals surface area contributed by atoms with Crippen LogP contribution in [0, 0.1) is 5.82 Å². The molecule has 0 bridgehead atoms. The lowest BCUT2D eigenvalue weighted by atomic mass is 10.1. The minimum atomic E-state index is -0.512. The topological polar surface area (TPSA) is 35.2 Å². The van der Waals surface area contributed by atoms with Gasteiger partial charge in [0, 0.05) is 10.0 Å². The molecule has 2 nitrogen and oxygen atoms in total. The third-order valence-corrected chi connectivity index (χ3v) is 3.93. The maximum Gasteiger partial charge on any atom is 0.134 e. The fourth-order valence-corrected chi connectivity index (χ4v) is 2.86. The monoisotopic (exact) mass is 315 g/mol. The van der Waals surface area contributed by atoms with Crippen molar-refractivity contribution < 1.29 is 9.13 Å². The standard InChI is InChI=1S/C12H11BrFNOS/c1-16-10-4-5-17-12(10)11(15)8-6-7(13)2-3-9(8)14/h2-6,11H,15H2,1H3. The number of benzene rings is 1. The van der Waals surface area contributed by atoms with E-state index in [9.17, 15) is 4.39 Å². The Bertz CT molecular complexity index is 529. The number of halogens is 2. The normalized spacial score (nSPS) is 12.5. The van der Waals surface area contributed by atoms with Crippen LogP contribution in [-0.2, 0) is 0 Å². The molecule has 0 spiro atoms. The molecular formula is C12H11BrFNOS. The van der Waals surface area contributed by atoms with Gasteiger partial charge in [-0.15, -0.1) is 11.3 Å². The lowest BCUT2D eigenvalue weighted by Gasteiger charge is -2.13. The summed E-state index contributed by atoms with van der Waals surface area (Å²) >= 11 is 4.77. The summed E-state index contributed by atoms with van der Waals surface area (Å²) in [6, 6.07) is 6.06. The third kappa shape index (κ3) is 2.51. The molecule has 1 heterocycles. The Morgan fingerprint density at radius 3 is 2.88 bits per heavy atom. The molecule has 1 aromatic carbocycles. The van der Waals surface area contributed by atoms with E-state index in [1.165, 1.54) is 17.4 Å². The van der Waals surface area contributed by atoms with Crippen LogP contribution in [0.5, 0.6) is 5.75 Å². The number of thiophene rings is 1. The van der Waals surface area contributed by atoms with Crippen molar-refractivity contribution in [1.82, 2.24) is 0 Å². The number of ether oxygens (including phenoxy) is 1. The molecule has 2 N–H and O–H groups in total. The molecule has 0 amide bonds. The summed E-state index contributed by atoms with van der Waals surface area (Å²) in [5.74, 6) is 0.387. The molecule has 0 fully saturated rings. The minimum absolute atomic E-state index is 0.309. The van der Waals surface area contributed by atoms with E-state index in [4.69, 9.17) is 10.5 Å². The van der Waals surface area contributed by atoms with Crippen molar-refractivity contribution >= 4 is 27.3 Å². The first-order valence-corrected chi connectivity index (χ1v) is 6.62. The molecule has 1 aromatic heterocycles. The van der Waals surface area contributed by atoms with Crippen LogP contribution in [0.2, 0.25) is 0 Å². The summed E-state index contributed by atoms with van der Waals surface area (Å²) in [6.07, 6.45) is 0. The predicted molar refractivity (Wildman–Crippen MR) is 71.0 cm³/mol. The average Bonchev–Trinajstić information content (AvgIpc) is 2.79. The van der Waals surface area contributed by atoms with Gasteiger partial charge < -0.3 is 10.5 Å². The highest BCUT2D eigenvalue weighted by Crippen LogP contribution is 2.34. The largest absolute Gasteiger partial charge is 0.496 e. The summed E-state index contributed by atoms with van der Waals surface area (Å²) in [4.78, 5) is 0.824. The van der Waals surface area contributed by atoms with Gasteiger partial charge in [-0.05, 0) is 29.6 Å². The van der Waals surface area contributed by atoms with Crippen LogP contribution >= 0.6 is 27.3 Å². The molecule has 90 valence electrons. The third-order valence-electron chi connectivity index (χ3n) is 2.45. The van der Waals surface area contributed by atoms with E-state index >= 15 is 0 Å². The first-order chi connectivity index (χ1) is 8.13. The Morgan fingerprint density at radius 2 is 2.18 bits per heavy atom. The summed E-state index contributed by atoms with van der Waals surface area (Å²) in [5, 5.41) is 1.88. The van der Waals surface area contributed by atoms with Gasteiger partial charge in [-0.2, -0.15) is 0 Å². The van der Waals surface area contributed by atoms with Crippen LogP contribution < -0.4 is 10.5 Å². The lowest BCUT2D eigenvalue weighted by molar-refractivity contribution is 0.410. The predicted octanol–water partition coefficient (Wildman–Crippen LogP) is 3.71. The second kappa shape index (κ2) is 5.16. The first-order valence-electron chi connectivity index (χ1n) is 4.95. The van der Waals surface area contributed by atoms with Gasteiger partial charge in [0.15, 0.2) is 0 Å². The molecule has 0 radical (unpaired) electrons. The van der Waals surface area contributed by atoms with Gasteiger partial charge in [-0.1, -0.05) is 15.9 Å². The van der Waals surface area contributed by atoms with Crippen molar-refractivity contribution in [2.24, 2.45) is 5.73 Å². The fraction of sp³-hybridized carbons (Fsp3) is 0.167. The Balaban J connectivity index is 2.43. The summed E-state index contributed by atoms with van der Waals surface area (Å²) in [5.41, 5.74) is 6.53. The molecule has 0 saturated heterocycles. The van der Waals surface area contributed by atoms with Gasteiger partial charge in [0.25, 0.3) is 0 Å². The van der Waals surface area contributed by atoms with Gasteiger partial charge in [-0.25, -0.2) is 4.39 Å². The van der Waals surface area contributed by atoms with Gasteiger partial charge in [-0.3, -0.25) is 0 Å². The maximum atomic E-state index is 13.7. The van der Waals surface area contributed by atoms with Gasteiger partial charge in [0.05, 0.1) is 18.0 Å². The Kier molecular flexibility index (Phi) is 3.81. The average molecular weight is 316 g/mol. The molecule has 0 saturated carbocycles. The van der Waals surface area contributed by atoms with Crippen molar-refractivity contribution in [1.29, 1.82) is 0 Å². The number of rotatable bonds is 3. The van der Waals surface area contributed by atoms with Gasteiger partial charge in [0.2, 0.25) is 0 Å². The quantitative estimate of drug-likeness (QED) is 0.937.